The van der Waals surface area contributed by atoms with Gasteiger partial charge in [0, 0.05) is 6.61 Å². The van der Waals surface area contributed by atoms with Crippen LogP contribution in [0.15, 0.2) is 0 Å². The van der Waals surface area contributed by atoms with Gasteiger partial charge in [-0.05, 0) is 123 Å². The van der Waals surface area contributed by atoms with Gasteiger partial charge in [0.15, 0.2) is 0 Å². The number of ether oxygens (including phenoxy) is 1. The van der Waals surface area contributed by atoms with Crippen LogP contribution in [-0.2, 0) is 4.74 Å². The molecule has 5 rings (SSSR count). The molecule has 0 spiro atoms. The van der Waals surface area contributed by atoms with E-state index < -0.39 is 0 Å². The molecular formula is C27H46O2. The predicted octanol–water partition coefficient (Wildman–Crippen LogP) is 6.46. The Morgan fingerprint density at radius 3 is 2.38 bits per heavy atom. The lowest BCUT2D eigenvalue weighted by atomic mass is 9.44. The summed E-state index contributed by atoms with van der Waals surface area (Å²) in [5.41, 5.74) is 1.06. The Morgan fingerprint density at radius 2 is 1.62 bits per heavy atom. The smallest absolute Gasteiger partial charge is 0.0603 e. The zero-order valence-electron chi connectivity index (χ0n) is 19.5. The van der Waals surface area contributed by atoms with Crippen molar-refractivity contribution in [2.24, 2.45) is 52.3 Å². The van der Waals surface area contributed by atoms with Crippen molar-refractivity contribution < 1.29 is 9.84 Å². The quantitative estimate of drug-likeness (QED) is 0.574. The van der Waals surface area contributed by atoms with Gasteiger partial charge in [-0.1, -0.05) is 27.7 Å². The maximum atomic E-state index is 10.3. The lowest BCUT2D eigenvalue weighted by Gasteiger charge is -2.61. The molecule has 5 fully saturated rings. The predicted molar refractivity (Wildman–Crippen MR) is 119 cm³/mol. The molecular weight excluding hydrogens is 356 g/mol. The van der Waals surface area contributed by atoms with Crippen LogP contribution in [0.1, 0.15) is 98.3 Å². The lowest BCUT2D eigenvalue weighted by molar-refractivity contribution is -0.136. The summed E-state index contributed by atoms with van der Waals surface area (Å²) in [5, 5.41) is 10.3. The van der Waals surface area contributed by atoms with Crippen LogP contribution < -0.4 is 0 Å². The first-order valence-electron chi connectivity index (χ1n) is 13.1. The zero-order valence-corrected chi connectivity index (χ0v) is 19.5. The highest BCUT2D eigenvalue weighted by Crippen LogP contribution is 2.68. The summed E-state index contributed by atoms with van der Waals surface area (Å²) in [6.45, 7) is 11.2. The van der Waals surface area contributed by atoms with E-state index in [0.717, 1.165) is 60.9 Å². The monoisotopic (exact) mass is 402 g/mol. The number of hydrogen-bond donors (Lipinski definition) is 1. The molecule has 0 aromatic heterocycles. The zero-order chi connectivity index (χ0) is 20.4. The van der Waals surface area contributed by atoms with Gasteiger partial charge in [-0.2, -0.15) is 0 Å². The summed E-state index contributed by atoms with van der Waals surface area (Å²) in [4.78, 5) is 0. The molecule has 1 saturated heterocycles. The standard InChI is InChI=1S/C27H46O2/c1-17-5-10-25(29-16-17)18(2)22-8-9-23-21-7-6-19-15-20(28)11-13-26(19,3)24(21)12-14-27(22,23)4/h17-25,28H,5-16H2,1-4H3/t17?,18?,19?,20?,21-,22+,23-,24-,25?,26-,27+/m0/s1. The molecule has 1 aliphatic heterocycles. The van der Waals surface area contributed by atoms with Crippen molar-refractivity contribution in [3.8, 4) is 0 Å². The van der Waals surface area contributed by atoms with E-state index in [0.29, 0.717) is 16.9 Å². The van der Waals surface area contributed by atoms with Gasteiger partial charge in [-0.15, -0.1) is 0 Å². The molecule has 1 heterocycles. The fourth-order valence-electron chi connectivity index (χ4n) is 9.72. The first kappa shape index (κ1) is 20.8. The number of aliphatic hydroxyl groups is 1. The normalized spacial score (nSPS) is 56.2. The van der Waals surface area contributed by atoms with Gasteiger partial charge in [0.25, 0.3) is 0 Å². The van der Waals surface area contributed by atoms with Gasteiger partial charge in [-0.3, -0.25) is 0 Å². The minimum atomic E-state index is -0.0200. The van der Waals surface area contributed by atoms with Gasteiger partial charge >= 0.3 is 0 Å². The van der Waals surface area contributed by atoms with E-state index in [1.54, 1.807) is 0 Å². The summed E-state index contributed by atoms with van der Waals surface area (Å²) in [5.74, 6) is 5.95. The lowest BCUT2D eigenvalue weighted by Crippen LogP contribution is -2.54. The second kappa shape index (κ2) is 7.51. The second-order valence-electron chi connectivity index (χ2n) is 12.7. The molecule has 166 valence electrons. The average molecular weight is 403 g/mol. The van der Waals surface area contributed by atoms with Crippen LogP contribution in [-0.4, -0.2) is 23.9 Å². The largest absolute Gasteiger partial charge is 0.393 e. The van der Waals surface area contributed by atoms with Crippen LogP contribution in [0.25, 0.3) is 0 Å². The molecule has 0 bridgehead atoms. The molecule has 4 saturated carbocycles. The van der Waals surface area contributed by atoms with E-state index in [2.05, 4.69) is 27.7 Å². The van der Waals surface area contributed by atoms with Crippen molar-refractivity contribution in [1.29, 1.82) is 0 Å². The van der Waals surface area contributed by atoms with Crippen LogP contribution in [0.4, 0.5) is 0 Å². The number of aliphatic hydroxyl groups excluding tert-OH is 1. The van der Waals surface area contributed by atoms with Crippen LogP contribution >= 0.6 is 0 Å². The minimum absolute atomic E-state index is 0.0200. The van der Waals surface area contributed by atoms with E-state index >= 15 is 0 Å². The van der Waals surface area contributed by atoms with Crippen LogP contribution in [0.3, 0.4) is 0 Å². The maximum Gasteiger partial charge on any atom is 0.0603 e. The summed E-state index contributed by atoms with van der Waals surface area (Å²) < 4.78 is 6.37. The molecule has 11 atom stereocenters. The van der Waals surface area contributed by atoms with Crippen molar-refractivity contribution in [2.45, 2.75) is 111 Å². The van der Waals surface area contributed by atoms with Crippen LogP contribution in [0, 0.1) is 52.3 Å². The Hall–Kier alpha value is -0.0800. The Bertz CT molecular complexity index is 595. The van der Waals surface area contributed by atoms with Crippen LogP contribution in [0.2, 0.25) is 0 Å². The first-order valence-corrected chi connectivity index (χ1v) is 13.1. The van der Waals surface area contributed by atoms with Crippen LogP contribution in [0.5, 0.6) is 0 Å². The minimum Gasteiger partial charge on any atom is -0.393 e. The van der Waals surface area contributed by atoms with E-state index in [1.807, 2.05) is 0 Å². The second-order valence-corrected chi connectivity index (χ2v) is 12.7. The molecule has 5 aliphatic rings. The van der Waals surface area contributed by atoms with E-state index in [4.69, 9.17) is 4.74 Å². The summed E-state index contributed by atoms with van der Waals surface area (Å²) in [6, 6.07) is 0. The van der Waals surface area contributed by atoms with Gasteiger partial charge in [-0.25, -0.2) is 0 Å². The van der Waals surface area contributed by atoms with E-state index in [1.165, 1.54) is 57.8 Å². The van der Waals surface area contributed by atoms with Crippen molar-refractivity contribution in [3.63, 3.8) is 0 Å². The highest BCUT2D eigenvalue weighted by Gasteiger charge is 2.61. The molecule has 5 unspecified atom stereocenters. The molecule has 1 N–H and O–H groups in total. The van der Waals surface area contributed by atoms with Crippen molar-refractivity contribution in [2.75, 3.05) is 6.61 Å². The SMILES string of the molecule is CC1CCC(C(C)[C@H]2CC[C@H]3[C@@H]4CCC5CC(O)CC[C@]5(C)[C@H]4CC[C@]23C)OC1. The summed E-state index contributed by atoms with van der Waals surface area (Å²) >= 11 is 0. The fraction of sp³-hybridized carbons (Fsp3) is 1.00. The molecule has 2 nitrogen and oxygen atoms in total. The average Bonchev–Trinajstić information content (AvgIpc) is 3.06. The van der Waals surface area contributed by atoms with Crippen molar-refractivity contribution in [1.82, 2.24) is 0 Å². The third-order valence-corrected chi connectivity index (χ3v) is 11.5. The summed E-state index contributed by atoms with van der Waals surface area (Å²) in [7, 11) is 0. The van der Waals surface area contributed by atoms with Crippen molar-refractivity contribution >= 4 is 0 Å². The van der Waals surface area contributed by atoms with Gasteiger partial charge in [0.2, 0.25) is 0 Å². The molecule has 0 radical (unpaired) electrons. The number of hydrogen-bond acceptors (Lipinski definition) is 2. The van der Waals surface area contributed by atoms with E-state index in [9.17, 15) is 5.11 Å². The fourth-order valence-corrected chi connectivity index (χ4v) is 9.72. The van der Waals surface area contributed by atoms with Gasteiger partial charge in [0.1, 0.15) is 0 Å². The molecule has 0 aromatic carbocycles. The Labute approximate surface area is 179 Å². The molecule has 0 aromatic rings. The third-order valence-electron chi connectivity index (χ3n) is 11.5. The molecule has 4 aliphatic carbocycles. The highest BCUT2D eigenvalue weighted by molar-refractivity contribution is 5.10. The Kier molecular flexibility index (Phi) is 5.38. The Balaban J connectivity index is 1.33. The first-order chi connectivity index (χ1) is 13.8. The number of rotatable bonds is 2. The highest BCUT2D eigenvalue weighted by atomic mass is 16.5. The molecule has 0 amide bonds. The maximum absolute atomic E-state index is 10.3. The topological polar surface area (TPSA) is 29.5 Å². The van der Waals surface area contributed by atoms with Gasteiger partial charge < -0.3 is 9.84 Å². The van der Waals surface area contributed by atoms with Gasteiger partial charge in [0.05, 0.1) is 12.2 Å². The third kappa shape index (κ3) is 3.25. The number of fused-ring (bicyclic) bond motifs is 5. The Morgan fingerprint density at radius 1 is 0.862 bits per heavy atom. The molecule has 29 heavy (non-hydrogen) atoms. The summed E-state index contributed by atoms with van der Waals surface area (Å²) in [6.07, 6.45) is 15.2. The van der Waals surface area contributed by atoms with E-state index in [-0.39, 0.29) is 6.10 Å². The molecule has 2 heteroatoms. The van der Waals surface area contributed by atoms with Crippen molar-refractivity contribution in [3.05, 3.63) is 0 Å².